The Morgan fingerprint density at radius 3 is 2.86 bits per heavy atom. The van der Waals surface area contributed by atoms with Crippen molar-refractivity contribution >= 4 is 5.95 Å². The van der Waals surface area contributed by atoms with E-state index >= 15 is 0 Å². The molecule has 2 rings (SSSR count). The molecule has 0 spiro atoms. The van der Waals surface area contributed by atoms with Crippen molar-refractivity contribution in [2.75, 3.05) is 5.73 Å². The fraction of sp³-hybridized carbons (Fsp3) is 0.222. The summed E-state index contributed by atoms with van der Waals surface area (Å²) in [7, 11) is 0. The van der Waals surface area contributed by atoms with Gasteiger partial charge in [0.05, 0.1) is 0 Å². The molecular weight excluding hydrogens is 178 g/mol. The maximum Gasteiger partial charge on any atom is 0.239 e. The molecule has 14 heavy (non-hydrogen) atoms. The highest BCUT2D eigenvalue weighted by Gasteiger charge is 2.00. The molecule has 5 nitrogen and oxygen atoms in total. The van der Waals surface area contributed by atoms with Gasteiger partial charge in [-0.2, -0.15) is 4.98 Å². The number of hydrogen-bond acceptors (Lipinski definition) is 4. The molecule has 0 aliphatic heterocycles. The molecule has 2 heterocycles. The largest absolute Gasteiger partial charge is 0.367 e. The number of aryl methyl sites for hydroxylation is 2. The van der Waals surface area contributed by atoms with E-state index in [2.05, 4.69) is 20.2 Å². The van der Waals surface area contributed by atoms with Crippen molar-refractivity contribution in [2.24, 2.45) is 0 Å². The van der Waals surface area contributed by atoms with Crippen LogP contribution in [0.25, 0.3) is 0 Å². The fourth-order valence-corrected chi connectivity index (χ4v) is 1.21. The quantitative estimate of drug-likeness (QED) is 0.739. The van der Waals surface area contributed by atoms with Crippen LogP contribution in [0.15, 0.2) is 24.4 Å². The standard InChI is InChI=1S/C9H11N5/c10-9-12-8(13-14-9)5-4-7-3-1-2-6-11-7/h1-3,6H,4-5H2,(H3,10,12,13,14). The predicted molar refractivity (Wildman–Crippen MR) is 52.4 cm³/mol. The molecule has 5 heteroatoms. The van der Waals surface area contributed by atoms with Crippen LogP contribution in [0.2, 0.25) is 0 Å². The van der Waals surface area contributed by atoms with E-state index < -0.39 is 0 Å². The number of rotatable bonds is 3. The third-order valence-electron chi connectivity index (χ3n) is 1.89. The summed E-state index contributed by atoms with van der Waals surface area (Å²) in [5.74, 6) is 1.09. The minimum absolute atomic E-state index is 0.293. The first-order valence-electron chi connectivity index (χ1n) is 4.41. The molecule has 0 aliphatic rings. The Morgan fingerprint density at radius 1 is 1.29 bits per heavy atom. The van der Waals surface area contributed by atoms with Crippen LogP contribution in [-0.4, -0.2) is 20.2 Å². The minimum atomic E-state index is 0.293. The topological polar surface area (TPSA) is 80.5 Å². The highest BCUT2D eigenvalue weighted by molar-refractivity contribution is 5.13. The number of anilines is 1. The van der Waals surface area contributed by atoms with E-state index in [1.807, 2.05) is 18.2 Å². The number of nitrogens with two attached hydrogens (primary N) is 1. The van der Waals surface area contributed by atoms with Gasteiger partial charge in [-0.15, -0.1) is 5.10 Å². The van der Waals surface area contributed by atoms with E-state index in [-0.39, 0.29) is 0 Å². The second-order valence-electron chi connectivity index (χ2n) is 2.96. The molecule has 2 aromatic heterocycles. The molecule has 72 valence electrons. The van der Waals surface area contributed by atoms with Crippen molar-refractivity contribution in [3.63, 3.8) is 0 Å². The summed E-state index contributed by atoms with van der Waals surface area (Å²) >= 11 is 0. The van der Waals surface area contributed by atoms with E-state index in [1.54, 1.807) is 6.20 Å². The monoisotopic (exact) mass is 189 g/mol. The Hall–Kier alpha value is -1.91. The average Bonchev–Trinajstić information content (AvgIpc) is 2.63. The zero-order valence-electron chi connectivity index (χ0n) is 7.64. The van der Waals surface area contributed by atoms with Crippen LogP contribution in [0.5, 0.6) is 0 Å². The van der Waals surface area contributed by atoms with Crippen LogP contribution >= 0.6 is 0 Å². The summed E-state index contributed by atoms with van der Waals surface area (Å²) in [6.45, 7) is 0. The molecular formula is C9H11N5. The lowest BCUT2D eigenvalue weighted by Gasteiger charge is -1.96. The van der Waals surface area contributed by atoms with Gasteiger partial charge in [0, 0.05) is 18.3 Å². The van der Waals surface area contributed by atoms with Gasteiger partial charge in [-0.05, 0) is 18.6 Å². The molecule has 3 N–H and O–H groups in total. The summed E-state index contributed by atoms with van der Waals surface area (Å²) < 4.78 is 0. The number of nitrogens with one attached hydrogen (secondary N) is 1. The molecule has 0 atom stereocenters. The summed E-state index contributed by atoms with van der Waals surface area (Å²) in [6, 6.07) is 5.85. The van der Waals surface area contributed by atoms with E-state index in [0.29, 0.717) is 5.95 Å². The lowest BCUT2D eigenvalue weighted by Crippen LogP contribution is -1.95. The van der Waals surface area contributed by atoms with Crippen LogP contribution in [0.4, 0.5) is 5.95 Å². The molecule has 0 bridgehead atoms. The molecule has 0 fully saturated rings. The van der Waals surface area contributed by atoms with Gasteiger partial charge in [0.2, 0.25) is 5.95 Å². The van der Waals surface area contributed by atoms with Crippen molar-refractivity contribution in [3.05, 3.63) is 35.9 Å². The van der Waals surface area contributed by atoms with Gasteiger partial charge in [-0.1, -0.05) is 6.07 Å². The van der Waals surface area contributed by atoms with Gasteiger partial charge < -0.3 is 5.73 Å². The van der Waals surface area contributed by atoms with Gasteiger partial charge >= 0.3 is 0 Å². The van der Waals surface area contributed by atoms with Crippen molar-refractivity contribution in [1.82, 2.24) is 20.2 Å². The third-order valence-corrected chi connectivity index (χ3v) is 1.89. The number of aromatic amines is 1. The molecule has 0 saturated heterocycles. The highest BCUT2D eigenvalue weighted by atomic mass is 15.3. The molecule has 0 unspecified atom stereocenters. The van der Waals surface area contributed by atoms with Crippen LogP contribution in [0.3, 0.4) is 0 Å². The summed E-state index contributed by atoms with van der Waals surface area (Å²) in [5.41, 5.74) is 6.42. The highest BCUT2D eigenvalue weighted by Crippen LogP contribution is 2.01. The van der Waals surface area contributed by atoms with E-state index in [9.17, 15) is 0 Å². The molecule has 0 amide bonds. The normalized spacial score (nSPS) is 10.3. The number of hydrogen-bond donors (Lipinski definition) is 2. The number of aromatic nitrogens is 4. The second-order valence-corrected chi connectivity index (χ2v) is 2.96. The number of nitrogen functional groups attached to an aromatic ring is 1. The molecule has 0 aliphatic carbocycles. The molecule has 0 saturated carbocycles. The van der Waals surface area contributed by atoms with Gasteiger partial charge in [-0.25, -0.2) is 0 Å². The predicted octanol–water partition coefficient (Wildman–Crippen LogP) is 0.567. The second kappa shape index (κ2) is 3.87. The van der Waals surface area contributed by atoms with Gasteiger partial charge in [0.15, 0.2) is 0 Å². The maximum atomic E-state index is 5.38. The van der Waals surface area contributed by atoms with Crippen molar-refractivity contribution in [3.8, 4) is 0 Å². The van der Waals surface area contributed by atoms with E-state index in [0.717, 1.165) is 24.4 Å². The third kappa shape index (κ3) is 2.07. The van der Waals surface area contributed by atoms with Crippen LogP contribution in [0, 0.1) is 0 Å². The van der Waals surface area contributed by atoms with Gasteiger partial charge in [0.1, 0.15) is 5.82 Å². The van der Waals surface area contributed by atoms with Gasteiger partial charge in [0.25, 0.3) is 0 Å². The smallest absolute Gasteiger partial charge is 0.239 e. The van der Waals surface area contributed by atoms with Crippen LogP contribution in [0.1, 0.15) is 11.5 Å². The maximum absolute atomic E-state index is 5.38. The summed E-state index contributed by atoms with van der Waals surface area (Å²) in [6.07, 6.45) is 3.40. The summed E-state index contributed by atoms with van der Waals surface area (Å²) in [5, 5.41) is 6.51. The van der Waals surface area contributed by atoms with Gasteiger partial charge in [-0.3, -0.25) is 10.1 Å². The van der Waals surface area contributed by atoms with Crippen LogP contribution < -0.4 is 5.73 Å². The Kier molecular flexibility index (Phi) is 2.40. The first-order valence-corrected chi connectivity index (χ1v) is 4.41. The zero-order valence-corrected chi connectivity index (χ0v) is 7.64. The van der Waals surface area contributed by atoms with Crippen molar-refractivity contribution < 1.29 is 0 Å². The Balaban J connectivity index is 1.95. The van der Waals surface area contributed by atoms with E-state index in [1.165, 1.54) is 0 Å². The first kappa shape index (κ1) is 8.68. The molecule has 0 aromatic carbocycles. The molecule has 0 radical (unpaired) electrons. The number of nitrogens with zero attached hydrogens (tertiary/aromatic N) is 3. The van der Waals surface area contributed by atoms with Crippen molar-refractivity contribution in [2.45, 2.75) is 12.8 Å². The first-order chi connectivity index (χ1) is 6.84. The Bertz CT molecular complexity index is 395. The summed E-state index contributed by atoms with van der Waals surface area (Å²) in [4.78, 5) is 8.22. The minimum Gasteiger partial charge on any atom is -0.367 e. The zero-order chi connectivity index (χ0) is 9.80. The number of pyridine rings is 1. The molecule has 2 aromatic rings. The lowest BCUT2D eigenvalue weighted by atomic mass is 10.2. The average molecular weight is 189 g/mol. The van der Waals surface area contributed by atoms with Crippen molar-refractivity contribution in [1.29, 1.82) is 0 Å². The SMILES string of the molecule is Nc1n[nH]c(CCc2ccccn2)n1. The Labute approximate surface area is 81.4 Å². The fourth-order valence-electron chi connectivity index (χ4n) is 1.21. The van der Waals surface area contributed by atoms with E-state index in [4.69, 9.17) is 5.73 Å². The Morgan fingerprint density at radius 2 is 2.21 bits per heavy atom. The van der Waals surface area contributed by atoms with Crippen LogP contribution in [-0.2, 0) is 12.8 Å². The lowest BCUT2D eigenvalue weighted by molar-refractivity contribution is 0.842. The number of H-pyrrole nitrogens is 1.